The van der Waals surface area contributed by atoms with Crippen LogP contribution in [0.4, 0.5) is 4.39 Å². The average molecular weight is 350 g/mol. The van der Waals surface area contributed by atoms with Gasteiger partial charge in [0.2, 0.25) is 0 Å². The van der Waals surface area contributed by atoms with Crippen LogP contribution in [-0.4, -0.2) is 35.3 Å². The second kappa shape index (κ2) is 7.47. The molecule has 1 fully saturated rings. The highest BCUT2D eigenvalue weighted by Crippen LogP contribution is 2.20. The smallest absolute Gasteiger partial charge is 0.193 e. The maximum absolute atomic E-state index is 13.2. The predicted octanol–water partition coefficient (Wildman–Crippen LogP) is 4.26. The fourth-order valence-electron chi connectivity index (χ4n) is 2.63. The zero-order valence-corrected chi connectivity index (χ0v) is 14.2. The van der Waals surface area contributed by atoms with Gasteiger partial charge in [-0.25, -0.2) is 4.39 Å². The quantitative estimate of drug-likeness (QED) is 0.769. The zero-order chi connectivity index (χ0) is 16.2. The molecule has 0 bridgehead atoms. The van der Waals surface area contributed by atoms with Gasteiger partial charge in [-0.15, -0.1) is 0 Å². The molecule has 0 saturated carbocycles. The van der Waals surface area contributed by atoms with Gasteiger partial charge < -0.3 is 0 Å². The van der Waals surface area contributed by atoms with Crippen LogP contribution in [0.25, 0.3) is 0 Å². The molecule has 23 heavy (non-hydrogen) atoms. The van der Waals surface area contributed by atoms with Crippen molar-refractivity contribution in [2.45, 2.75) is 6.54 Å². The Hall–Kier alpha value is -1.36. The van der Waals surface area contributed by atoms with Crippen molar-refractivity contribution in [3.05, 3.63) is 70.0 Å². The minimum Gasteiger partial charge on any atom is -0.297 e. The second-order valence-corrected chi connectivity index (χ2v) is 7.18. The Kier molecular flexibility index (Phi) is 5.36. The third kappa shape index (κ3) is 4.14. The van der Waals surface area contributed by atoms with Crippen LogP contribution in [-0.2, 0) is 6.54 Å². The van der Waals surface area contributed by atoms with Gasteiger partial charge in [0.1, 0.15) is 5.82 Å². The van der Waals surface area contributed by atoms with E-state index in [0.717, 1.165) is 36.7 Å². The van der Waals surface area contributed by atoms with Crippen LogP contribution in [0.5, 0.6) is 0 Å². The van der Waals surface area contributed by atoms with Gasteiger partial charge in [-0.05, 0) is 29.8 Å². The van der Waals surface area contributed by atoms with Crippen LogP contribution in [0.1, 0.15) is 21.5 Å². The van der Waals surface area contributed by atoms with Crippen LogP contribution in [0.15, 0.2) is 42.5 Å². The van der Waals surface area contributed by atoms with E-state index < -0.39 is 5.82 Å². The molecule has 2 aromatic carbocycles. The Morgan fingerprint density at radius 1 is 1.13 bits per heavy atom. The average Bonchev–Trinajstić information content (AvgIpc) is 2.58. The summed E-state index contributed by atoms with van der Waals surface area (Å²) in [4.78, 5) is 15.0. The van der Waals surface area contributed by atoms with Crippen LogP contribution in [0, 0.1) is 5.82 Å². The summed E-state index contributed by atoms with van der Waals surface area (Å²) in [6.45, 7) is 3.01. The maximum atomic E-state index is 13.2. The van der Waals surface area contributed by atoms with Crippen molar-refractivity contribution in [1.29, 1.82) is 0 Å². The molecule has 3 rings (SSSR count). The summed E-state index contributed by atoms with van der Waals surface area (Å²) in [6, 6.07) is 11.7. The molecule has 0 aromatic heterocycles. The van der Waals surface area contributed by atoms with Crippen molar-refractivity contribution in [2.75, 3.05) is 24.6 Å². The molecule has 2 aromatic rings. The van der Waals surface area contributed by atoms with Gasteiger partial charge in [-0.3, -0.25) is 9.69 Å². The normalized spacial score (nSPS) is 15.6. The Labute approximate surface area is 144 Å². The van der Waals surface area contributed by atoms with E-state index in [4.69, 9.17) is 11.6 Å². The van der Waals surface area contributed by atoms with Gasteiger partial charge in [-0.1, -0.05) is 29.8 Å². The molecule has 1 aliphatic rings. The molecule has 1 heterocycles. The minimum absolute atomic E-state index is 0.0298. The summed E-state index contributed by atoms with van der Waals surface area (Å²) in [5, 5.41) is -0.0298. The SMILES string of the molecule is O=C(c1cccc(CN2CCSCC2)c1)c1ccc(F)c(Cl)c1. The lowest BCUT2D eigenvalue weighted by Crippen LogP contribution is -2.31. The number of carbonyl (C=O) groups excluding carboxylic acids is 1. The first-order valence-corrected chi connectivity index (χ1v) is 9.05. The minimum atomic E-state index is -0.514. The largest absolute Gasteiger partial charge is 0.297 e. The first-order chi connectivity index (χ1) is 11.1. The number of hydrogen-bond donors (Lipinski definition) is 0. The lowest BCUT2D eigenvalue weighted by atomic mass is 10.0. The van der Waals surface area contributed by atoms with Crippen molar-refractivity contribution in [3.63, 3.8) is 0 Å². The number of halogens is 2. The van der Waals surface area contributed by atoms with Gasteiger partial charge in [0.25, 0.3) is 0 Å². The standard InChI is InChI=1S/C18H17ClFNOS/c19-16-11-15(4-5-17(16)20)18(22)14-3-1-2-13(10-14)12-21-6-8-23-9-7-21/h1-5,10-11H,6-9,12H2. The third-order valence-corrected chi connectivity index (χ3v) is 5.11. The van der Waals surface area contributed by atoms with Crippen LogP contribution < -0.4 is 0 Å². The predicted molar refractivity (Wildman–Crippen MR) is 93.9 cm³/mol. The Bertz CT molecular complexity index is 716. The van der Waals surface area contributed by atoms with E-state index in [9.17, 15) is 9.18 Å². The molecule has 0 radical (unpaired) electrons. The van der Waals surface area contributed by atoms with E-state index >= 15 is 0 Å². The third-order valence-electron chi connectivity index (χ3n) is 3.88. The lowest BCUT2D eigenvalue weighted by molar-refractivity contribution is 0.103. The second-order valence-electron chi connectivity index (χ2n) is 5.55. The number of rotatable bonds is 4. The summed E-state index contributed by atoms with van der Waals surface area (Å²) in [5.74, 6) is 1.67. The molecule has 1 aliphatic heterocycles. The molecule has 0 atom stereocenters. The maximum Gasteiger partial charge on any atom is 0.193 e. The van der Waals surface area contributed by atoms with Gasteiger partial charge in [0, 0.05) is 42.3 Å². The van der Waals surface area contributed by atoms with Gasteiger partial charge in [0.05, 0.1) is 5.02 Å². The molecule has 120 valence electrons. The molecular weight excluding hydrogens is 333 g/mol. The highest BCUT2D eigenvalue weighted by molar-refractivity contribution is 7.99. The lowest BCUT2D eigenvalue weighted by Gasteiger charge is -2.26. The summed E-state index contributed by atoms with van der Waals surface area (Å²) in [5.41, 5.74) is 2.13. The van der Waals surface area contributed by atoms with Gasteiger partial charge >= 0.3 is 0 Å². The summed E-state index contributed by atoms with van der Waals surface area (Å²) in [7, 11) is 0. The molecule has 0 N–H and O–H groups in total. The highest BCUT2D eigenvalue weighted by Gasteiger charge is 2.14. The first-order valence-electron chi connectivity index (χ1n) is 7.52. The van der Waals surface area contributed by atoms with E-state index in [0.29, 0.717) is 11.1 Å². The van der Waals surface area contributed by atoms with E-state index in [1.54, 1.807) is 6.07 Å². The highest BCUT2D eigenvalue weighted by atomic mass is 35.5. The van der Waals surface area contributed by atoms with E-state index in [1.807, 2.05) is 30.0 Å². The fraction of sp³-hybridized carbons (Fsp3) is 0.278. The van der Waals surface area contributed by atoms with Gasteiger partial charge in [-0.2, -0.15) is 11.8 Å². The van der Waals surface area contributed by atoms with Gasteiger partial charge in [0.15, 0.2) is 5.78 Å². The molecule has 5 heteroatoms. The van der Waals surface area contributed by atoms with E-state index in [-0.39, 0.29) is 10.8 Å². The molecule has 0 amide bonds. The Morgan fingerprint density at radius 3 is 2.61 bits per heavy atom. The Balaban J connectivity index is 1.78. The molecular formula is C18H17ClFNOS. The molecule has 2 nitrogen and oxygen atoms in total. The monoisotopic (exact) mass is 349 g/mol. The topological polar surface area (TPSA) is 20.3 Å². The van der Waals surface area contributed by atoms with Crippen molar-refractivity contribution in [2.24, 2.45) is 0 Å². The Morgan fingerprint density at radius 2 is 1.87 bits per heavy atom. The van der Waals surface area contributed by atoms with Crippen molar-refractivity contribution in [3.8, 4) is 0 Å². The number of ketones is 1. The molecule has 0 spiro atoms. The molecule has 0 aliphatic carbocycles. The van der Waals surface area contributed by atoms with Crippen LogP contribution >= 0.6 is 23.4 Å². The number of nitrogens with zero attached hydrogens (tertiary/aromatic N) is 1. The van der Waals surface area contributed by atoms with Crippen molar-refractivity contribution in [1.82, 2.24) is 4.90 Å². The number of thioether (sulfide) groups is 1. The van der Waals surface area contributed by atoms with E-state index in [1.165, 1.54) is 18.2 Å². The number of hydrogen-bond acceptors (Lipinski definition) is 3. The van der Waals surface area contributed by atoms with Crippen molar-refractivity contribution < 1.29 is 9.18 Å². The number of benzene rings is 2. The zero-order valence-electron chi connectivity index (χ0n) is 12.6. The summed E-state index contributed by atoms with van der Waals surface area (Å²) >= 11 is 7.75. The number of carbonyl (C=O) groups is 1. The van der Waals surface area contributed by atoms with Crippen LogP contribution in [0.2, 0.25) is 5.02 Å². The van der Waals surface area contributed by atoms with Crippen molar-refractivity contribution >= 4 is 29.1 Å². The molecule has 1 saturated heterocycles. The van der Waals surface area contributed by atoms with E-state index in [2.05, 4.69) is 4.90 Å². The fourth-order valence-corrected chi connectivity index (χ4v) is 3.79. The van der Waals surface area contributed by atoms with Crippen LogP contribution in [0.3, 0.4) is 0 Å². The first kappa shape index (κ1) is 16.5. The summed E-state index contributed by atoms with van der Waals surface area (Å²) < 4.78 is 13.2. The summed E-state index contributed by atoms with van der Waals surface area (Å²) in [6.07, 6.45) is 0. The molecule has 0 unspecified atom stereocenters.